The highest BCUT2D eigenvalue weighted by molar-refractivity contribution is 7.21. The van der Waals surface area contributed by atoms with E-state index in [9.17, 15) is 9.59 Å². The molecule has 2 aromatic carbocycles. The van der Waals surface area contributed by atoms with Gasteiger partial charge in [-0.05, 0) is 37.6 Å². The molecule has 28 heavy (non-hydrogen) atoms. The monoisotopic (exact) mass is 389 g/mol. The van der Waals surface area contributed by atoms with Crippen molar-refractivity contribution >= 4 is 33.1 Å². The van der Waals surface area contributed by atoms with Crippen molar-refractivity contribution in [2.45, 2.75) is 19.9 Å². The molecule has 0 saturated carbocycles. The Labute approximate surface area is 166 Å². The van der Waals surface area contributed by atoms with Gasteiger partial charge >= 0.3 is 0 Å². The second-order valence-electron chi connectivity index (χ2n) is 6.68. The molecule has 6 heteroatoms. The topological polar surface area (TPSA) is 64.0 Å². The molecule has 4 rings (SSSR count). The number of anilines is 1. The summed E-state index contributed by atoms with van der Waals surface area (Å²) in [6, 6.07) is 18.6. The lowest BCUT2D eigenvalue weighted by Gasteiger charge is -2.14. The van der Waals surface area contributed by atoms with Crippen LogP contribution < -0.4 is 10.9 Å². The maximum Gasteiger partial charge on any atom is 0.262 e. The Hall–Kier alpha value is -3.25. The number of hydrogen-bond donors (Lipinski definition) is 1. The van der Waals surface area contributed by atoms with Gasteiger partial charge in [0.05, 0.1) is 11.7 Å². The number of rotatable bonds is 4. The van der Waals surface area contributed by atoms with E-state index in [1.54, 1.807) is 6.92 Å². The largest absolute Gasteiger partial charge is 0.324 e. The fourth-order valence-corrected chi connectivity index (χ4v) is 3.96. The zero-order valence-electron chi connectivity index (χ0n) is 15.5. The van der Waals surface area contributed by atoms with Crippen LogP contribution in [0.3, 0.4) is 0 Å². The summed E-state index contributed by atoms with van der Waals surface area (Å²) in [6.45, 7) is 3.68. The SMILES string of the molecule is Cc1ccc(NC(=O)[C@H](C)n2cnc3sc(-c4ccccc4)cc3c2=O)cc1. The van der Waals surface area contributed by atoms with Gasteiger partial charge in [0.2, 0.25) is 5.91 Å². The van der Waals surface area contributed by atoms with E-state index < -0.39 is 6.04 Å². The number of aryl methyl sites for hydroxylation is 1. The van der Waals surface area contributed by atoms with E-state index in [0.29, 0.717) is 15.9 Å². The molecule has 0 spiro atoms. The molecular weight excluding hydrogens is 370 g/mol. The Kier molecular flexibility index (Phi) is 4.79. The summed E-state index contributed by atoms with van der Waals surface area (Å²) < 4.78 is 1.38. The van der Waals surface area contributed by atoms with Crippen molar-refractivity contribution in [2.75, 3.05) is 5.32 Å². The van der Waals surface area contributed by atoms with Gasteiger partial charge < -0.3 is 5.32 Å². The van der Waals surface area contributed by atoms with Crippen LogP contribution in [0.25, 0.3) is 20.7 Å². The minimum atomic E-state index is -0.675. The lowest BCUT2D eigenvalue weighted by atomic mass is 10.2. The molecule has 0 fully saturated rings. The Balaban J connectivity index is 1.64. The number of thiophene rings is 1. The number of nitrogens with zero attached hydrogens (tertiary/aromatic N) is 2. The van der Waals surface area contributed by atoms with Gasteiger partial charge in [-0.15, -0.1) is 11.3 Å². The van der Waals surface area contributed by atoms with Crippen LogP contribution in [0.5, 0.6) is 0 Å². The van der Waals surface area contributed by atoms with Crippen LogP contribution in [-0.4, -0.2) is 15.5 Å². The molecule has 0 aliphatic carbocycles. The number of amides is 1. The lowest BCUT2D eigenvalue weighted by molar-refractivity contribution is -0.118. The van der Waals surface area contributed by atoms with Crippen LogP contribution >= 0.6 is 11.3 Å². The lowest BCUT2D eigenvalue weighted by Crippen LogP contribution is -2.31. The van der Waals surface area contributed by atoms with E-state index in [-0.39, 0.29) is 11.5 Å². The van der Waals surface area contributed by atoms with Crippen molar-refractivity contribution in [3.63, 3.8) is 0 Å². The van der Waals surface area contributed by atoms with Gasteiger partial charge in [0, 0.05) is 10.6 Å². The first-order chi connectivity index (χ1) is 13.5. The van der Waals surface area contributed by atoms with E-state index in [2.05, 4.69) is 10.3 Å². The number of carbonyl (C=O) groups is 1. The summed E-state index contributed by atoms with van der Waals surface area (Å²) in [5.41, 5.74) is 2.65. The Morgan fingerprint density at radius 3 is 2.54 bits per heavy atom. The molecule has 4 aromatic rings. The smallest absolute Gasteiger partial charge is 0.262 e. The Morgan fingerprint density at radius 1 is 1.11 bits per heavy atom. The van der Waals surface area contributed by atoms with Crippen LogP contribution in [0, 0.1) is 6.92 Å². The normalized spacial score (nSPS) is 12.1. The number of nitrogens with one attached hydrogen (secondary N) is 1. The molecule has 1 atom stereocenters. The third-order valence-corrected chi connectivity index (χ3v) is 5.74. The Morgan fingerprint density at radius 2 is 1.82 bits per heavy atom. The van der Waals surface area contributed by atoms with E-state index >= 15 is 0 Å². The zero-order chi connectivity index (χ0) is 19.7. The predicted octanol–water partition coefficient (Wildman–Crippen LogP) is 4.63. The summed E-state index contributed by atoms with van der Waals surface area (Å²) in [7, 11) is 0. The fraction of sp³-hybridized carbons (Fsp3) is 0.136. The third-order valence-electron chi connectivity index (χ3n) is 4.65. The van der Waals surface area contributed by atoms with Crippen molar-refractivity contribution in [1.82, 2.24) is 9.55 Å². The summed E-state index contributed by atoms with van der Waals surface area (Å²) in [5.74, 6) is -0.259. The first kappa shape index (κ1) is 18.1. The van der Waals surface area contributed by atoms with Gasteiger partial charge in [-0.2, -0.15) is 0 Å². The Bertz CT molecular complexity index is 1190. The molecule has 0 saturated heterocycles. The van der Waals surface area contributed by atoms with Crippen LogP contribution in [0.1, 0.15) is 18.5 Å². The molecule has 140 valence electrons. The standard InChI is InChI=1S/C22H19N3O2S/c1-14-8-10-17(11-9-14)24-20(26)15(2)25-13-23-21-18(22(25)27)12-19(28-21)16-6-4-3-5-7-16/h3-13,15H,1-2H3,(H,24,26)/t15-/m0/s1. The molecule has 1 amide bonds. The molecule has 5 nitrogen and oxygen atoms in total. The van der Waals surface area contributed by atoms with Crippen LogP contribution in [-0.2, 0) is 4.79 Å². The molecule has 0 aliphatic heterocycles. The van der Waals surface area contributed by atoms with Crippen molar-refractivity contribution in [3.05, 3.63) is 82.9 Å². The molecule has 0 radical (unpaired) electrons. The van der Waals surface area contributed by atoms with Crippen LogP contribution in [0.2, 0.25) is 0 Å². The van der Waals surface area contributed by atoms with Crippen molar-refractivity contribution < 1.29 is 4.79 Å². The highest BCUT2D eigenvalue weighted by Gasteiger charge is 2.19. The first-order valence-electron chi connectivity index (χ1n) is 8.96. The molecule has 1 N–H and O–H groups in total. The quantitative estimate of drug-likeness (QED) is 0.553. The van der Waals surface area contributed by atoms with E-state index in [0.717, 1.165) is 16.0 Å². The molecule has 2 heterocycles. The predicted molar refractivity (Wildman–Crippen MR) is 114 cm³/mol. The van der Waals surface area contributed by atoms with Crippen LogP contribution in [0.4, 0.5) is 5.69 Å². The molecule has 0 unspecified atom stereocenters. The maximum atomic E-state index is 13.0. The number of benzene rings is 2. The van der Waals surface area contributed by atoms with Crippen molar-refractivity contribution in [3.8, 4) is 10.4 Å². The molecule has 2 aromatic heterocycles. The van der Waals surface area contributed by atoms with Crippen LogP contribution in [0.15, 0.2) is 71.8 Å². The summed E-state index contributed by atoms with van der Waals surface area (Å²) >= 11 is 1.47. The van der Waals surface area contributed by atoms with Gasteiger partial charge in [-0.3, -0.25) is 14.2 Å². The van der Waals surface area contributed by atoms with E-state index in [1.807, 2.05) is 67.6 Å². The highest BCUT2D eigenvalue weighted by Crippen LogP contribution is 2.30. The molecule has 0 aliphatic rings. The second kappa shape index (κ2) is 7.40. The zero-order valence-corrected chi connectivity index (χ0v) is 16.4. The number of hydrogen-bond acceptors (Lipinski definition) is 4. The van der Waals surface area contributed by atoms with Crippen molar-refractivity contribution in [1.29, 1.82) is 0 Å². The molecule has 0 bridgehead atoms. The summed E-state index contributed by atoms with van der Waals surface area (Å²) in [5, 5.41) is 3.38. The fourth-order valence-electron chi connectivity index (χ4n) is 2.97. The van der Waals surface area contributed by atoms with E-state index in [1.165, 1.54) is 22.2 Å². The minimum absolute atomic E-state index is 0.213. The summed E-state index contributed by atoms with van der Waals surface area (Å²) in [4.78, 5) is 31.6. The van der Waals surface area contributed by atoms with Gasteiger partial charge in [-0.25, -0.2) is 4.98 Å². The second-order valence-corrected chi connectivity index (χ2v) is 7.71. The minimum Gasteiger partial charge on any atom is -0.324 e. The number of fused-ring (bicyclic) bond motifs is 1. The van der Waals surface area contributed by atoms with Gasteiger partial charge in [0.1, 0.15) is 10.9 Å². The number of carbonyl (C=O) groups excluding carboxylic acids is 1. The summed E-state index contributed by atoms with van der Waals surface area (Å²) in [6.07, 6.45) is 1.45. The first-order valence-corrected chi connectivity index (χ1v) is 9.78. The average Bonchev–Trinajstić information content (AvgIpc) is 3.15. The maximum absolute atomic E-state index is 13.0. The number of aromatic nitrogens is 2. The van der Waals surface area contributed by atoms with Gasteiger partial charge in [0.15, 0.2) is 0 Å². The van der Waals surface area contributed by atoms with Crippen molar-refractivity contribution in [2.24, 2.45) is 0 Å². The third kappa shape index (κ3) is 3.46. The van der Waals surface area contributed by atoms with Gasteiger partial charge in [0.25, 0.3) is 5.56 Å². The van der Waals surface area contributed by atoms with Gasteiger partial charge in [-0.1, -0.05) is 48.0 Å². The molecular formula is C22H19N3O2S. The highest BCUT2D eigenvalue weighted by atomic mass is 32.1. The average molecular weight is 389 g/mol. The van der Waals surface area contributed by atoms with E-state index in [4.69, 9.17) is 0 Å².